The second kappa shape index (κ2) is 5.26. The van der Waals surface area contributed by atoms with Crippen LogP contribution in [0.5, 0.6) is 0 Å². The van der Waals surface area contributed by atoms with E-state index in [1.165, 1.54) is 56.6 Å². The Labute approximate surface area is 86.0 Å². The van der Waals surface area contributed by atoms with Crippen LogP contribution in [0.25, 0.3) is 0 Å². The van der Waals surface area contributed by atoms with E-state index in [9.17, 15) is 0 Å². The molecule has 0 aromatic rings. The van der Waals surface area contributed by atoms with Gasteiger partial charge < -0.3 is 5.32 Å². The molecule has 0 aromatic carbocycles. The van der Waals surface area contributed by atoms with Crippen molar-refractivity contribution in [3.8, 4) is 0 Å². The topological polar surface area (TPSA) is 12.0 Å². The average molecular weight is 199 g/mol. The summed E-state index contributed by atoms with van der Waals surface area (Å²) in [5, 5.41) is 3.75. The molecule has 2 heteroatoms. The van der Waals surface area contributed by atoms with Crippen LogP contribution in [-0.2, 0) is 0 Å². The second-order valence-corrected chi connectivity index (χ2v) is 5.67. The van der Waals surface area contributed by atoms with Crippen LogP contribution in [0.3, 0.4) is 0 Å². The van der Waals surface area contributed by atoms with Crippen molar-refractivity contribution in [2.45, 2.75) is 44.6 Å². The van der Waals surface area contributed by atoms with Crippen LogP contribution in [0.4, 0.5) is 0 Å². The van der Waals surface area contributed by atoms with E-state index >= 15 is 0 Å². The first-order valence-corrected chi connectivity index (χ1v) is 6.92. The molecule has 1 saturated carbocycles. The SMILES string of the molecule is C1CCC(CNC2CCSCC2)C1. The van der Waals surface area contributed by atoms with Crippen LogP contribution in [0.2, 0.25) is 0 Å². The molecule has 0 unspecified atom stereocenters. The molecule has 1 aliphatic heterocycles. The Morgan fingerprint density at radius 3 is 2.38 bits per heavy atom. The molecule has 1 saturated heterocycles. The van der Waals surface area contributed by atoms with Gasteiger partial charge in [0.15, 0.2) is 0 Å². The zero-order valence-corrected chi connectivity index (χ0v) is 9.24. The highest BCUT2D eigenvalue weighted by atomic mass is 32.2. The molecule has 0 bridgehead atoms. The summed E-state index contributed by atoms with van der Waals surface area (Å²) >= 11 is 2.12. The standard InChI is InChI=1S/C11H21NS/c1-2-4-10(3-1)9-12-11-5-7-13-8-6-11/h10-12H,1-9H2. The van der Waals surface area contributed by atoms with Crippen LogP contribution < -0.4 is 5.32 Å². The smallest absolute Gasteiger partial charge is 0.00828 e. The van der Waals surface area contributed by atoms with Crippen LogP contribution in [0.15, 0.2) is 0 Å². The molecule has 0 aromatic heterocycles. The van der Waals surface area contributed by atoms with Crippen molar-refractivity contribution in [1.82, 2.24) is 5.32 Å². The minimum atomic E-state index is 0.849. The largest absolute Gasteiger partial charge is 0.314 e. The van der Waals surface area contributed by atoms with Crippen LogP contribution >= 0.6 is 11.8 Å². The van der Waals surface area contributed by atoms with Gasteiger partial charge in [0, 0.05) is 6.04 Å². The lowest BCUT2D eigenvalue weighted by molar-refractivity contribution is 0.415. The average Bonchev–Trinajstić information content (AvgIpc) is 2.69. The number of nitrogens with one attached hydrogen (secondary N) is 1. The Balaban J connectivity index is 1.60. The van der Waals surface area contributed by atoms with Gasteiger partial charge in [-0.15, -0.1) is 0 Å². The molecule has 0 spiro atoms. The third-order valence-corrected chi connectivity index (χ3v) is 4.44. The van der Waals surface area contributed by atoms with Gasteiger partial charge in [0.25, 0.3) is 0 Å². The fourth-order valence-electron chi connectivity index (χ4n) is 2.45. The van der Waals surface area contributed by atoms with Gasteiger partial charge in [-0.1, -0.05) is 12.8 Å². The Morgan fingerprint density at radius 1 is 1.00 bits per heavy atom. The summed E-state index contributed by atoms with van der Waals surface area (Å²) in [6, 6.07) is 0.849. The van der Waals surface area contributed by atoms with Crippen LogP contribution in [0, 0.1) is 5.92 Å². The van der Waals surface area contributed by atoms with Crippen molar-refractivity contribution in [2.75, 3.05) is 18.1 Å². The van der Waals surface area contributed by atoms with E-state index in [1.54, 1.807) is 0 Å². The van der Waals surface area contributed by atoms with Gasteiger partial charge >= 0.3 is 0 Å². The highest BCUT2D eigenvalue weighted by molar-refractivity contribution is 7.99. The number of hydrogen-bond acceptors (Lipinski definition) is 2. The van der Waals surface area contributed by atoms with Gasteiger partial charge in [0.05, 0.1) is 0 Å². The fourth-order valence-corrected chi connectivity index (χ4v) is 3.56. The van der Waals surface area contributed by atoms with Crippen LogP contribution in [0.1, 0.15) is 38.5 Å². The lowest BCUT2D eigenvalue weighted by Crippen LogP contribution is -2.35. The number of rotatable bonds is 3. The highest BCUT2D eigenvalue weighted by Crippen LogP contribution is 2.24. The Morgan fingerprint density at radius 2 is 1.69 bits per heavy atom. The summed E-state index contributed by atoms with van der Waals surface area (Å²) in [6.45, 7) is 1.30. The van der Waals surface area contributed by atoms with Gasteiger partial charge in [-0.25, -0.2) is 0 Å². The molecular weight excluding hydrogens is 178 g/mol. The first-order chi connectivity index (χ1) is 6.45. The molecule has 2 rings (SSSR count). The van der Waals surface area contributed by atoms with Gasteiger partial charge in [0.1, 0.15) is 0 Å². The molecule has 76 valence electrons. The molecule has 1 aliphatic carbocycles. The summed E-state index contributed by atoms with van der Waals surface area (Å²) < 4.78 is 0. The third-order valence-electron chi connectivity index (χ3n) is 3.39. The molecular formula is C11H21NS. The summed E-state index contributed by atoms with van der Waals surface area (Å²) in [7, 11) is 0. The molecule has 1 heterocycles. The third kappa shape index (κ3) is 3.17. The summed E-state index contributed by atoms with van der Waals surface area (Å²) in [5.41, 5.74) is 0. The maximum atomic E-state index is 3.75. The van der Waals surface area contributed by atoms with Crippen molar-refractivity contribution in [3.05, 3.63) is 0 Å². The van der Waals surface area contributed by atoms with E-state index in [0.29, 0.717) is 0 Å². The van der Waals surface area contributed by atoms with Crippen molar-refractivity contribution < 1.29 is 0 Å². The Kier molecular flexibility index (Phi) is 3.98. The summed E-state index contributed by atoms with van der Waals surface area (Å²) in [4.78, 5) is 0. The molecule has 0 radical (unpaired) electrons. The van der Waals surface area contributed by atoms with E-state index in [1.807, 2.05) is 0 Å². The fraction of sp³-hybridized carbons (Fsp3) is 1.00. The first-order valence-electron chi connectivity index (χ1n) is 5.76. The molecule has 1 nitrogen and oxygen atoms in total. The van der Waals surface area contributed by atoms with Gasteiger partial charge in [-0.05, 0) is 49.7 Å². The lowest BCUT2D eigenvalue weighted by atomic mass is 10.1. The summed E-state index contributed by atoms with van der Waals surface area (Å²) in [5.74, 6) is 3.76. The quantitative estimate of drug-likeness (QED) is 0.750. The normalized spacial score (nSPS) is 26.8. The molecule has 2 fully saturated rings. The van der Waals surface area contributed by atoms with Gasteiger partial charge in [-0.2, -0.15) is 11.8 Å². The van der Waals surface area contributed by atoms with Crippen molar-refractivity contribution in [2.24, 2.45) is 5.92 Å². The minimum absolute atomic E-state index is 0.849. The first kappa shape index (κ1) is 9.85. The Hall–Kier alpha value is 0.310. The van der Waals surface area contributed by atoms with E-state index in [2.05, 4.69) is 17.1 Å². The maximum Gasteiger partial charge on any atom is 0.00828 e. The highest BCUT2D eigenvalue weighted by Gasteiger charge is 2.18. The predicted octanol–water partition coefficient (Wildman–Crippen LogP) is 2.66. The van der Waals surface area contributed by atoms with E-state index < -0.39 is 0 Å². The number of thioether (sulfide) groups is 1. The van der Waals surface area contributed by atoms with Gasteiger partial charge in [-0.3, -0.25) is 0 Å². The predicted molar refractivity (Wildman–Crippen MR) is 60.3 cm³/mol. The molecule has 13 heavy (non-hydrogen) atoms. The van der Waals surface area contributed by atoms with Crippen molar-refractivity contribution >= 4 is 11.8 Å². The molecule has 0 amide bonds. The maximum absolute atomic E-state index is 3.75. The van der Waals surface area contributed by atoms with Gasteiger partial charge in [0.2, 0.25) is 0 Å². The zero-order valence-electron chi connectivity index (χ0n) is 8.43. The molecule has 1 N–H and O–H groups in total. The lowest BCUT2D eigenvalue weighted by Gasteiger charge is -2.24. The number of hydrogen-bond donors (Lipinski definition) is 1. The zero-order chi connectivity index (χ0) is 8.93. The van der Waals surface area contributed by atoms with E-state index in [4.69, 9.17) is 0 Å². The minimum Gasteiger partial charge on any atom is -0.314 e. The van der Waals surface area contributed by atoms with E-state index in [0.717, 1.165) is 12.0 Å². The van der Waals surface area contributed by atoms with E-state index in [-0.39, 0.29) is 0 Å². The van der Waals surface area contributed by atoms with Crippen molar-refractivity contribution in [1.29, 1.82) is 0 Å². The molecule has 2 aliphatic rings. The monoisotopic (exact) mass is 199 g/mol. The van der Waals surface area contributed by atoms with Crippen molar-refractivity contribution in [3.63, 3.8) is 0 Å². The second-order valence-electron chi connectivity index (χ2n) is 4.45. The Bertz CT molecular complexity index is 137. The molecule has 0 atom stereocenters. The summed E-state index contributed by atoms with van der Waals surface area (Å²) in [6.07, 6.45) is 8.72. The van der Waals surface area contributed by atoms with Crippen LogP contribution in [-0.4, -0.2) is 24.1 Å².